The molecule has 1 saturated carbocycles. The maximum absolute atomic E-state index is 12.3. The zero-order valence-corrected chi connectivity index (χ0v) is 12.7. The van der Waals surface area contributed by atoms with E-state index in [2.05, 4.69) is 4.74 Å². The van der Waals surface area contributed by atoms with Crippen LogP contribution in [0.2, 0.25) is 0 Å². The van der Waals surface area contributed by atoms with Gasteiger partial charge in [0.1, 0.15) is 0 Å². The molecule has 3 fully saturated rings. The van der Waals surface area contributed by atoms with Gasteiger partial charge in [0.2, 0.25) is 10.0 Å². The van der Waals surface area contributed by atoms with Gasteiger partial charge >= 0.3 is 6.09 Å². The molecule has 0 aromatic heterocycles. The SMILES string of the molecule is O=C1COC(=O)N1C1CN(S(=O)(=O)CC2CCCCC2)C1. The topological polar surface area (TPSA) is 84.0 Å². The number of hydrogen-bond donors (Lipinski definition) is 0. The molecule has 0 aromatic rings. The number of sulfonamides is 1. The zero-order chi connectivity index (χ0) is 15.0. The summed E-state index contributed by atoms with van der Waals surface area (Å²) in [4.78, 5) is 24.0. The van der Waals surface area contributed by atoms with Crippen LogP contribution in [-0.2, 0) is 19.6 Å². The Morgan fingerprint density at radius 3 is 2.33 bits per heavy atom. The number of hydrogen-bond acceptors (Lipinski definition) is 5. The lowest BCUT2D eigenvalue weighted by atomic mass is 9.91. The number of nitrogens with zero attached hydrogens (tertiary/aromatic N) is 2. The predicted molar refractivity (Wildman–Crippen MR) is 73.9 cm³/mol. The summed E-state index contributed by atoms with van der Waals surface area (Å²) in [5, 5.41) is 0. The van der Waals surface area contributed by atoms with Crippen molar-refractivity contribution in [1.29, 1.82) is 0 Å². The Kier molecular flexibility index (Phi) is 3.92. The maximum atomic E-state index is 12.3. The van der Waals surface area contributed by atoms with Crippen molar-refractivity contribution in [2.24, 2.45) is 5.92 Å². The second-order valence-corrected chi connectivity index (χ2v) is 8.09. The van der Waals surface area contributed by atoms with Gasteiger partial charge in [-0.25, -0.2) is 18.1 Å². The minimum Gasteiger partial charge on any atom is -0.439 e. The lowest BCUT2D eigenvalue weighted by Gasteiger charge is -2.41. The summed E-state index contributed by atoms with van der Waals surface area (Å²) in [5.74, 6) is 0.0634. The number of carbonyl (C=O) groups is 2. The molecule has 7 nitrogen and oxygen atoms in total. The smallest absolute Gasteiger partial charge is 0.417 e. The molecule has 0 aromatic carbocycles. The van der Waals surface area contributed by atoms with E-state index in [1.165, 1.54) is 10.7 Å². The second-order valence-electron chi connectivity index (χ2n) is 6.07. The monoisotopic (exact) mass is 316 g/mol. The van der Waals surface area contributed by atoms with Crippen LogP contribution in [0.15, 0.2) is 0 Å². The lowest BCUT2D eigenvalue weighted by molar-refractivity contribution is -0.128. The molecule has 21 heavy (non-hydrogen) atoms. The summed E-state index contributed by atoms with van der Waals surface area (Å²) in [6, 6.07) is -0.367. The van der Waals surface area contributed by atoms with Crippen molar-refractivity contribution in [3.05, 3.63) is 0 Å². The Labute approximate surface area is 124 Å². The first-order valence-corrected chi connectivity index (χ1v) is 9.05. The van der Waals surface area contributed by atoms with Crippen molar-refractivity contribution in [3.8, 4) is 0 Å². The van der Waals surface area contributed by atoms with Gasteiger partial charge < -0.3 is 4.74 Å². The van der Waals surface area contributed by atoms with Crippen molar-refractivity contribution in [1.82, 2.24) is 9.21 Å². The Morgan fingerprint density at radius 1 is 1.10 bits per heavy atom. The molecule has 2 heterocycles. The average molecular weight is 316 g/mol. The Morgan fingerprint density at radius 2 is 1.76 bits per heavy atom. The third-order valence-corrected chi connectivity index (χ3v) is 6.52. The number of amides is 2. The highest BCUT2D eigenvalue weighted by atomic mass is 32.2. The van der Waals surface area contributed by atoms with Gasteiger partial charge in [0, 0.05) is 13.1 Å². The van der Waals surface area contributed by atoms with Crippen LogP contribution in [-0.4, -0.2) is 61.1 Å². The van der Waals surface area contributed by atoms with E-state index in [0.717, 1.165) is 30.6 Å². The van der Waals surface area contributed by atoms with Crippen LogP contribution >= 0.6 is 0 Å². The number of ether oxygens (including phenoxy) is 1. The van der Waals surface area contributed by atoms with Crippen molar-refractivity contribution in [3.63, 3.8) is 0 Å². The first kappa shape index (κ1) is 14.8. The molecule has 0 bridgehead atoms. The van der Waals surface area contributed by atoms with E-state index in [-0.39, 0.29) is 43.3 Å². The van der Waals surface area contributed by atoms with Crippen molar-refractivity contribution >= 4 is 22.0 Å². The summed E-state index contributed by atoms with van der Waals surface area (Å²) < 4.78 is 30.6. The summed E-state index contributed by atoms with van der Waals surface area (Å²) in [7, 11) is -3.28. The Hall–Kier alpha value is -1.15. The minimum atomic E-state index is -3.28. The third-order valence-electron chi connectivity index (χ3n) is 4.54. The molecule has 2 saturated heterocycles. The standard InChI is InChI=1S/C13H20N2O5S/c16-12-8-20-13(17)15(12)11-6-14(7-11)21(18,19)9-10-4-2-1-3-5-10/h10-11H,1-9H2. The van der Waals surface area contributed by atoms with Gasteiger partial charge in [0.25, 0.3) is 5.91 Å². The van der Waals surface area contributed by atoms with Gasteiger partial charge in [0.15, 0.2) is 6.61 Å². The molecule has 0 spiro atoms. The highest BCUT2D eigenvalue weighted by Gasteiger charge is 2.46. The fraction of sp³-hybridized carbons (Fsp3) is 0.846. The summed E-state index contributed by atoms with van der Waals surface area (Å²) in [6.07, 6.45) is 4.71. The predicted octanol–water partition coefficient (Wildman–Crippen LogP) is 0.559. The molecule has 0 radical (unpaired) electrons. The van der Waals surface area contributed by atoms with Gasteiger partial charge in [-0.1, -0.05) is 19.3 Å². The van der Waals surface area contributed by atoms with E-state index in [0.29, 0.717) is 0 Å². The molecule has 2 aliphatic heterocycles. The minimum absolute atomic E-state index is 0.193. The van der Waals surface area contributed by atoms with Crippen molar-refractivity contribution in [2.75, 3.05) is 25.4 Å². The summed E-state index contributed by atoms with van der Waals surface area (Å²) >= 11 is 0. The van der Waals surface area contributed by atoms with Crippen LogP contribution in [0.5, 0.6) is 0 Å². The van der Waals surface area contributed by atoms with E-state index in [1.54, 1.807) is 0 Å². The van der Waals surface area contributed by atoms with Crippen LogP contribution in [0.25, 0.3) is 0 Å². The maximum Gasteiger partial charge on any atom is 0.417 e. The van der Waals surface area contributed by atoms with Gasteiger partial charge in [0.05, 0.1) is 11.8 Å². The molecule has 0 atom stereocenters. The first-order valence-electron chi connectivity index (χ1n) is 7.44. The molecule has 0 N–H and O–H groups in total. The molecule has 0 unspecified atom stereocenters. The Bertz CT molecular complexity index is 519. The molecule has 118 valence electrons. The number of imide groups is 1. The Balaban J connectivity index is 1.55. The third kappa shape index (κ3) is 2.91. The highest BCUT2D eigenvalue weighted by Crippen LogP contribution is 2.28. The van der Waals surface area contributed by atoms with Crippen LogP contribution < -0.4 is 0 Å². The number of carbonyl (C=O) groups excluding carboxylic acids is 2. The largest absolute Gasteiger partial charge is 0.439 e. The van der Waals surface area contributed by atoms with E-state index in [4.69, 9.17) is 0 Å². The van der Waals surface area contributed by atoms with Crippen LogP contribution in [0.1, 0.15) is 32.1 Å². The summed E-state index contributed by atoms with van der Waals surface area (Å²) in [6.45, 7) is 0.177. The number of rotatable bonds is 4. The first-order chi connectivity index (χ1) is 9.97. The molecular weight excluding hydrogens is 296 g/mol. The zero-order valence-electron chi connectivity index (χ0n) is 11.9. The van der Waals surface area contributed by atoms with Crippen molar-refractivity contribution in [2.45, 2.75) is 38.1 Å². The second kappa shape index (κ2) is 5.57. The van der Waals surface area contributed by atoms with E-state index >= 15 is 0 Å². The van der Waals surface area contributed by atoms with Gasteiger partial charge in [-0.3, -0.25) is 4.79 Å². The van der Waals surface area contributed by atoms with Crippen molar-refractivity contribution < 1.29 is 22.7 Å². The van der Waals surface area contributed by atoms with E-state index < -0.39 is 16.1 Å². The van der Waals surface area contributed by atoms with E-state index in [1.807, 2.05) is 0 Å². The highest BCUT2D eigenvalue weighted by molar-refractivity contribution is 7.89. The fourth-order valence-corrected chi connectivity index (χ4v) is 5.22. The molecular formula is C13H20N2O5S. The van der Waals surface area contributed by atoms with Crippen LogP contribution in [0.4, 0.5) is 4.79 Å². The van der Waals surface area contributed by atoms with Crippen LogP contribution in [0.3, 0.4) is 0 Å². The molecule has 2 amide bonds. The van der Waals surface area contributed by atoms with Gasteiger partial charge in [-0.2, -0.15) is 4.31 Å². The molecule has 8 heteroatoms. The quantitative estimate of drug-likeness (QED) is 0.756. The fourth-order valence-electron chi connectivity index (χ4n) is 3.28. The van der Waals surface area contributed by atoms with Gasteiger partial charge in [-0.05, 0) is 18.8 Å². The van der Waals surface area contributed by atoms with E-state index in [9.17, 15) is 18.0 Å². The summed E-state index contributed by atoms with van der Waals surface area (Å²) in [5.41, 5.74) is 0. The van der Waals surface area contributed by atoms with Crippen LogP contribution in [0, 0.1) is 5.92 Å². The normalized spacial score (nSPS) is 26.0. The van der Waals surface area contributed by atoms with Gasteiger partial charge in [-0.15, -0.1) is 0 Å². The number of cyclic esters (lactones) is 1. The lowest BCUT2D eigenvalue weighted by Crippen LogP contribution is -2.62. The average Bonchev–Trinajstić information content (AvgIpc) is 2.69. The molecule has 1 aliphatic carbocycles. The molecule has 3 rings (SSSR count). The molecule has 3 aliphatic rings.